The average Bonchev–Trinajstić information content (AvgIpc) is 1.86. The molecule has 1 N–H and O–H groups in total. The fourth-order valence-corrected chi connectivity index (χ4v) is 0.186. The van der Waals surface area contributed by atoms with Crippen molar-refractivity contribution in [3.8, 4) is 0 Å². The lowest BCUT2D eigenvalue weighted by Gasteiger charge is -1.49. The highest BCUT2D eigenvalue weighted by Crippen LogP contribution is 1.64. The van der Waals surface area contributed by atoms with Gasteiger partial charge in [-0.2, -0.15) is 5.10 Å². The maximum atomic E-state index is 6.76. The van der Waals surface area contributed by atoms with E-state index in [0.717, 1.165) is 0 Å². The Balaban J connectivity index is 3.05. The number of nitrogens with one attached hydrogen (secondary N) is 1. The molecule has 26 valence electrons. The third-order valence-electron chi connectivity index (χ3n) is 0.362. The maximum absolute atomic E-state index is 6.76. The smallest absolute Gasteiger partial charge is 0.0834 e. The van der Waals surface area contributed by atoms with Gasteiger partial charge in [0.05, 0.1) is 1.37 Å². The van der Waals surface area contributed by atoms with Gasteiger partial charge in [0, 0.05) is 12.4 Å². The Hall–Kier alpha value is -0.790. The van der Waals surface area contributed by atoms with Crippen molar-refractivity contribution >= 4 is 0 Å². The number of hydrogen-bond acceptors (Lipinski definition) is 1. The van der Waals surface area contributed by atoms with Crippen LogP contribution in [0.5, 0.6) is 0 Å². The average molecular weight is 70.1 g/mol. The van der Waals surface area contributed by atoms with Crippen LogP contribution in [0.4, 0.5) is 0 Å². The van der Waals surface area contributed by atoms with Crippen molar-refractivity contribution in [2.75, 3.05) is 0 Å². The van der Waals surface area contributed by atoms with Gasteiger partial charge in [-0.15, -0.1) is 0 Å². The van der Waals surface area contributed by atoms with Crippen LogP contribution in [0.3, 0.4) is 0 Å². The molecule has 2 nitrogen and oxygen atoms in total. The number of hydrogen-bond donors (Lipinski definition) is 1. The van der Waals surface area contributed by atoms with Crippen molar-refractivity contribution in [1.82, 2.24) is 10.2 Å². The molecule has 2 heteroatoms. The van der Waals surface area contributed by atoms with Crippen LogP contribution in [0.25, 0.3) is 0 Å². The van der Waals surface area contributed by atoms with Crippen molar-refractivity contribution in [2.45, 2.75) is 0 Å². The molecule has 0 saturated carbocycles. The first-order valence-electron chi connectivity index (χ1n) is 1.85. The van der Waals surface area contributed by atoms with Crippen LogP contribution >= 0.6 is 0 Å². The summed E-state index contributed by atoms with van der Waals surface area (Å²) >= 11 is 0. The summed E-state index contributed by atoms with van der Waals surface area (Å²) in [6, 6.07) is 1.58. The molecule has 0 aliphatic carbocycles. The summed E-state index contributed by atoms with van der Waals surface area (Å²) in [5, 5.41) is 5.93. The van der Waals surface area contributed by atoms with Crippen LogP contribution in [0, 0.1) is 0 Å². The highest BCUT2D eigenvalue weighted by molar-refractivity contribution is 4.72. The topological polar surface area (TPSA) is 28.7 Å². The zero-order valence-corrected chi connectivity index (χ0v) is 2.60. The van der Waals surface area contributed by atoms with Crippen LogP contribution in [-0.2, 0) is 0 Å². The predicted molar refractivity (Wildman–Crippen MR) is 18.6 cm³/mol. The predicted octanol–water partition coefficient (Wildman–Crippen LogP) is 0.410. The normalized spacial score (nSPS) is 10.8. The minimum Gasteiger partial charge on any atom is -0.286 e. The summed E-state index contributed by atoms with van der Waals surface area (Å²) in [6.07, 6.45) is 1.90. The molecule has 0 amide bonds. The van der Waals surface area contributed by atoms with Gasteiger partial charge in [-0.05, 0) is 6.07 Å². The van der Waals surface area contributed by atoms with Gasteiger partial charge in [-0.1, -0.05) is 0 Å². The second-order valence-corrected chi connectivity index (χ2v) is 0.701. The zero-order valence-electron chi connectivity index (χ0n) is 3.60. The Labute approximate surface area is 31.2 Å². The standard InChI is InChI=1S/C3H4N2/c1-2-4-5-3-1/h1-3H,(H,4,5)/i2T. The largest absolute Gasteiger partial charge is 0.286 e. The summed E-state index contributed by atoms with van der Waals surface area (Å²) in [5.41, 5.74) is 0. The molecule has 0 spiro atoms. The van der Waals surface area contributed by atoms with Gasteiger partial charge in [0.1, 0.15) is 0 Å². The van der Waals surface area contributed by atoms with Gasteiger partial charge < -0.3 is 0 Å². The van der Waals surface area contributed by atoms with E-state index in [2.05, 4.69) is 10.2 Å². The van der Waals surface area contributed by atoms with E-state index in [1.54, 1.807) is 12.3 Å². The Morgan fingerprint density at radius 2 is 3.00 bits per heavy atom. The summed E-state index contributed by atoms with van der Waals surface area (Å²) in [6.45, 7) is 0. The number of aromatic nitrogens is 2. The maximum Gasteiger partial charge on any atom is 0.0834 e. The first kappa shape index (κ1) is 1.60. The lowest BCUT2D eigenvalue weighted by molar-refractivity contribution is 1.09. The van der Waals surface area contributed by atoms with E-state index in [-0.39, 0.29) is 0 Å². The van der Waals surface area contributed by atoms with E-state index in [9.17, 15) is 0 Å². The molecular weight excluding hydrogens is 64.0 g/mol. The Bertz CT molecular complexity index is 112. The molecule has 1 aromatic rings. The van der Waals surface area contributed by atoms with E-state index in [4.69, 9.17) is 1.37 Å². The van der Waals surface area contributed by atoms with Crippen molar-refractivity contribution in [3.05, 3.63) is 18.4 Å². The quantitative estimate of drug-likeness (QED) is 0.470. The van der Waals surface area contributed by atoms with Gasteiger partial charge in [-0.3, -0.25) is 5.10 Å². The molecule has 0 saturated heterocycles. The van der Waals surface area contributed by atoms with Crippen molar-refractivity contribution in [1.29, 1.82) is 0 Å². The minimum atomic E-state index is 0.356. The van der Waals surface area contributed by atoms with Gasteiger partial charge in [0.25, 0.3) is 0 Å². The molecule has 0 aliphatic rings. The second-order valence-electron chi connectivity index (χ2n) is 0.701. The highest BCUT2D eigenvalue weighted by atomic mass is 15.1. The molecule has 0 atom stereocenters. The van der Waals surface area contributed by atoms with Crippen LogP contribution < -0.4 is 0 Å². The Kier molecular flexibility index (Phi) is 0.283. The summed E-state index contributed by atoms with van der Waals surface area (Å²) in [5.74, 6) is 0. The molecule has 0 aromatic carbocycles. The second kappa shape index (κ2) is 0.885. The molecule has 1 aromatic heterocycles. The number of aromatic amines is 1. The first-order valence-corrected chi connectivity index (χ1v) is 1.35. The van der Waals surface area contributed by atoms with E-state index in [1.165, 1.54) is 0 Å². The van der Waals surface area contributed by atoms with Crippen molar-refractivity contribution in [3.63, 3.8) is 0 Å². The van der Waals surface area contributed by atoms with E-state index < -0.39 is 0 Å². The third-order valence-corrected chi connectivity index (χ3v) is 0.362. The third kappa shape index (κ3) is 0.265. The fraction of sp³-hybridized carbons (Fsp3) is 0. The molecule has 0 bridgehead atoms. The zero-order chi connectivity index (χ0) is 4.41. The SMILES string of the molecule is [3H]c1ccn[nH]1. The van der Waals surface area contributed by atoms with E-state index >= 15 is 0 Å². The lowest BCUT2D eigenvalue weighted by Crippen LogP contribution is -1.53. The van der Waals surface area contributed by atoms with Crippen LogP contribution in [-0.4, -0.2) is 10.2 Å². The summed E-state index contributed by atoms with van der Waals surface area (Å²) in [4.78, 5) is 0. The Morgan fingerprint density at radius 3 is 3.20 bits per heavy atom. The number of rotatable bonds is 0. The fourth-order valence-electron chi connectivity index (χ4n) is 0.186. The van der Waals surface area contributed by atoms with Crippen molar-refractivity contribution in [2.24, 2.45) is 0 Å². The first-order chi connectivity index (χ1) is 2.89. The minimum absolute atomic E-state index is 0.356. The number of nitrogens with zero attached hydrogens (tertiary/aromatic N) is 1. The lowest BCUT2D eigenvalue weighted by atomic mass is 10.8. The summed E-state index contributed by atoms with van der Waals surface area (Å²) in [7, 11) is 0. The molecule has 1 rings (SSSR count). The van der Waals surface area contributed by atoms with E-state index in [0.29, 0.717) is 6.17 Å². The van der Waals surface area contributed by atoms with E-state index in [1.807, 2.05) is 0 Å². The van der Waals surface area contributed by atoms with Crippen LogP contribution in [0.1, 0.15) is 1.37 Å². The number of H-pyrrole nitrogens is 1. The molecule has 0 fully saturated rings. The highest BCUT2D eigenvalue weighted by Gasteiger charge is 1.56. The molecule has 0 radical (unpaired) electrons. The molecule has 1 heterocycles. The van der Waals surface area contributed by atoms with Crippen LogP contribution in [0.15, 0.2) is 18.4 Å². The van der Waals surface area contributed by atoms with Crippen LogP contribution in [0.2, 0.25) is 0 Å². The van der Waals surface area contributed by atoms with Gasteiger partial charge in [0.2, 0.25) is 0 Å². The van der Waals surface area contributed by atoms with Gasteiger partial charge in [0.15, 0.2) is 0 Å². The molecule has 0 unspecified atom stereocenters. The molecule has 0 aliphatic heterocycles. The Morgan fingerprint density at radius 1 is 2.00 bits per heavy atom. The molecular formula is C3H4N2. The summed E-state index contributed by atoms with van der Waals surface area (Å²) < 4.78 is 6.76. The molecule has 5 heavy (non-hydrogen) atoms. The monoisotopic (exact) mass is 70.0 g/mol. The van der Waals surface area contributed by atoms with Gasteiger partial charge >= 0.3 is 0 Å². The van der Waals surface area contributed by atoms with Crippen molar-refractivity contribution < 1.29 is 1.37 Å². The van der Waals surface area contributed by atoms with Gasteiger partial charge in [-0.25, -0.2) is 0 Å².